The fraction of sp³-hybridized carbons (Fsp3) is 0.412. The maximum absolute atomic E-state index is 4.57. The molecule has 1 N–H and O–H groups in total. The van der Waals surface area contributed by atoms with E-state index in [-0.39, 0.29) is 0 Å². The zero-order valence-corrected chi connectivity index (χ0v) is 13.5. The van der Waals surface area contributed by atoms with Crippen molar-refractivity contribution in [2.45, 2.75) is 39.0 Å². The van der Waals surface area contributed by atoms with E-state index in [0.717, 1.165) is 31.6 Å². The van der Waals surface area contributed by atoms with Crippen molar-refractivity contribution >= 4 is 11.5 Å². The molecule has 0 aliphatic carbocycles. The average molecular weight is 308 g/mol. The molecule has 0 spiro atoms. The Kier molecular flexibility index (Phi) is 3.44. The van der Waals surface area contributed by atoms with Gasteiger partial charge in [0.1, 0.15) is 0 Å². The van der Waals surface area contributed by atoms with Gasteiger partial charge in [0.25, 0.3) is 5.78 Å². The molecular weight excluding hydrogens is 288 g/mol. The Hall–Kier alpha value is -2.50. The smallest absolute Gasteiger partial charge is 0.252 e. The Balaban J connectivity index is 1.55. The Morgan fingerprint density at radius 2 is 2.13 bits per heavy atom. The zero-order chi connectivity index (χ0) is 15.8. The predicted octanol–water partition coefficient (Wildman–Crippen LogP) is 2.40. The van der Waals surface area contributed by atoms with Crippen LogP contribution in [0.5, 0.6) is 0 Å². The van der Waals surface area contributed by atoms with E-state index in [1.165, 1.54) is 22.4 Å². The summed E-state index contributed by atoms with van der Waals surface area (Å²) in [6.45, 7) is 5.30. The summed E-state index contributed by atoms with van der Waals surface area (Å²) in [6, 6.07) is 0. The van der Waals surface area contributed by atoms with Crippen LogP contribution in [0.15, 0.2) is 24.8 Å². The second-order valence-corrected chi connectivity index (χ2v) is 6.32. The standard InChI is InChI=1S/C17H20N6/c1-11(2)13-8-20-17-21-16(22-23(17)10-13)4-3-12-7-18-9-15-14(12)5-6-19-15/h7-11,19H,3-6H2,1-2H3. The minimum absolute atomic E-state index is 0.435. The largest absolute Gasteiger partial charge is 0.383 e. The van der Waals surface area contributed by atoms with E-state index in [2.05, 4.69) is 39.2 Å². The summed E-state index contributed by atoms with van der Waals surface area (Å²) in [6.07, 6.45) is 10.6. The lowest BCUT2D eigenvalue weighted by Crippen LogP contribution is -1.99. The summed E-state index contributed by atoms with van der Waals surface area (Å²) in [5.41, 5.74) is 5.03. The molecule has 0 fully saturated rings. The highest BCUT2D eigenvalue weighted by atomic mass is 15.3. The average Bonchev–Trinajstić information content (AvgIpc) is 3.18. The van der Waals surface area contributed by atoms with Crippen molar-refractivity contribution in [1.82, 2.24) is 24.6 Å². The molecule has 3 aromatic rings. The van der Waals surface area contributed by atoms with Crippen LogP contribution in [0.4, 0.5) is 5.69 Å². The summed E-state index contributed by atoms with van der Waals surface area (Å²) in [5, 5.41) is 7.94. The quantitative estimate of drug-likeness (QED) is 0.801. The normalized spacial score (nSPS) is 13.5. The first-order chi connectivity index (χ1) is 11.2. The van der Waals surface area contributed by atoms with Crippen molar-refractivity contribution in [3.63, 3.8) is 0 Å². The molecule has 0 bridgehead atoms. The molecule has 1 aliphatic rings. The van der Waals surface area contributed by atoms with E-state index in [1.807, 2.05) is 24.8 Å². The van der Waals surface area contributed by atoms with Crippen molar-refractivity contribution in [2.24, 2.45) is 0 Å². The number of hydrogen-bond donors (Lipinski definition) is 1. The molecule has 0 saturated carbocycles. The summed E-state index contributed by atoms with van der Waals surface area (Å²) in [5.74, 6) is 1.94. The van der Waals surface area contributed by atoms with Gasteiger partial charge < -0.3 is 5.32 Å². The van der Waals surface area contributed by atoms with Crippen molar-refractivity contribution in [3.05, 3.63) is 47.3 Å². The van der Waals surface area contributed by atoms with Crippen molar-refractivity contribution < 1.29 is 0 Å². The number of hydrogen-bond acceptors (Lipinski definition) is 5. The monoisotopic (exact) mass is 308 g/mol. The number of fused-ring (bicyclic) bond motifs is 2. The lowest BCUT2D eigenvalue weighted by Gasteiger charge is -2.05. The third kappa shape index (κ3) is 2.65. The fourth-order valence-electron chi connectivity index (χ4n) is 3.01. The number of aromatic nitrogens is 5. The van der Waals surface area contributed by atoms with E-state index in [9.17, 15) is 0 Å². The van der Waals surface area contributed by atoms with Crippen LogP contribution in [0.1, 0.15) is 42.3 Å². The molecule has 1 aliphatic heterocycles. The highest BCUT2D eigenvalue weighted by Crippen LogP contribution is 2.25. The minimum atomic E-state index is 0.435. The summed E-state index contributed by atoms with van der Waals surface area (Å²) in [4.78, 5) is 13.3. The van der Waals surface area contributed by atoms with Crippen LogP contribution in [0, 0.1) is 0 Å². The Morgan fingerprint density at radius 3 is 3.00 bits per heavy atom. The molecule has 23 heavy (non-hydrogen) atoms. The van der Waals surface area contributed by atoms with Crippen LogP contribution in [0.3, 0.4) is 0 Å². The number of rotatable bonds is 4. The number of anilines is 1. The van der Waals surface area contributed by atoms with Gasteiger partial charge in [0, 0.05) is 31.6 Å². The van der Waals surface area contributed by atoms with Gasteiger partial charge in [-0.3, -0.25) is 4.98 Å². The highest BCUT2D eigenvalue weighted by Gasteiger charge is 2.15. The number of nitrogens with one attached hydrogen (secondary N) is 1. The summed E-state index contributed by atoms with van der Waals surface area (Å²) in [7, 11) is 0. The Morgan fingerprint density at radius 1 is 1.22 bits per heavy atom. The third-order valence-electron chi connectivity index (χ3n) is 4.38. The number of aryl methyl sites for hydroxylation is 2. The summed E-state index contributed by atoms with van der Waals surface area (Å²) >= 11 is 0. The first kappa shape index (κ1) is 14.1. The maximum atomic E-state index is 4.57. The molecule has 118 valence electrons. The molecule has 0 unspecified atom stereocenters. The fourth-order valence-corrected chi connectivity index (χ4v) is 3.01. The van der Waals surface area contributed by atoms with Gasteiger partial charge >= 0.3 is 0 Å². The molecule has 4 rings (SSSR count). The SMILES string of the molecule is CC(C)c1cnc2nc(CCc3cncc4c3CCN4)nn2c1. The van der Waals surface area contributed by atoms with E-state index in [1.54, 1.807) is 4.52 Å². The van der Waals surface area contributed by atoms with Crippen LogP contribution in [-0.4, -0.2) is 31.1 Å². The third-order valence-corrected chi connectivity index (χ3v) is 4.38. The van der Waals surface area contributed by atoms with Gasteiger partial charge in [-0.15, -0.1) is 5.10 Å². The van der Waals surface area contributed by atoms with Crippen LogP contribution in [0.25, 0.3) is 5.78 Å². The van der Waals surface area contributed by atoms with E-state index in [4.69, 9.17) is 0 Å². The van der Waals surface area contributed by atoms with Crippen molar-refractivity contribution in [3.8, 4) is 0 Å². The topological polar surface area (TPSA) is 68.0 Å². The number of pyridine rings is 1. The molecule has 0 radical (unpaired) electrons. The second kappa shape index (κ2) is 5.61. The first-order valence-corrected chi connectivity index (χ1v) is 8.11. The van der Waals surface area contributed by atoms with Gasteiger partial charge in [-0.1, -0.05) is 13.8 Å². The number of nitrogens with zero attached hydrogens (tertiary/aromatic N) is 5. The molecule has 6 heteroatoms. The second-order valence-electron chi connectivity index (χ2n) is 6.32. The van der Waals surface area contributed by atoms with Gasteiger partial charge in [-0.05, 0) is 35.4 Å². The molecule has 0 aromatic carbocycles. The molecule has 3 aromatic heterocycles. The van der Waals surface area contributed by atoms with Gasteiger partial charge in [-0.2, -0.15) is 4.98 Å². The van der Waals surface area contributed by atoms with Crippen LogP contribution < -0.4 is 5.32 Å². The van der Waals surface area contributed by atoms with Crippen LogP contribution in [-0.2, 0) is 19.3 Å². The molecule has 0 atom stereocenters. The van der Waals surface area contributed by atoms with E-state index < -0.39 is 0 Å². The Labute approximate surface area is 135 Å². The van der Waals surface area contributed by atoms with E-state index in [0.29, 0.717) is 11.7 Å². The molecular formula is C17H20N6. The minimum Gasteiger partial charge on any atom is -0.383 e. The summed E-state index contributed by atoms with van der Waals surface area (Å²) < 4.78 is 1.79. The van der Waals surface area contributed by atoms with Gasteiger partial charge in [-0.25, -0.2) is 9.50 Å². The molecule has 0 saturated heterocycles. The van der Waals surface area contributed by atoms with E-state index >= 15 is 0 Å². The molecule has 6 nitrogen and oxygen atoms in total. The Bertz CT molecular complexity index is 851. The lowest BCUT2D eigenvalue weighted by atomic mass is 10.0. The lowest BCUT2D eigenvalue weighted by molar-refractivity contribution is 0.799. The predicted molar refractivity (Wildman–Crippen MR) is 88.7 cm³/mol. The zero-order valence-electron chi connectivity index (χ0n) is 13.5. The van der Waals surface area contributed by atoms with Crippen molar-refractivity contribution in [1.29, 1.82) is 0 Å². The molecule has 4 heterocycles. The maximum Gasteiger partial charge on any atom is 0.252 e. The molecule has 0 amide bonds. The van der Waals surface area contributed by atoms with Crippen LogP contribution in [0.2, 0.25) is 0 Å². The van der Waals surface area contributed by atoms with Gasteiger partial charge in [0.15, 0.2) is 5.82 Å². The van der Waals surface area contributed by atoms with Gasteiger partial charge in [0.05, 0.1) is 11.9 Å². The van der Waals surface area contributed by atoms with Gasteiger partial charge in [0.2, 0.25) is 0 Å². The van der Waals surface area contributed by atoms with Crippen LogP contribution >= 0.6 is 0 Å². The first-order valence-electron chi connectivity index (χ1n) is 8.11. The van der Waals surface area contributed by atoms with Crippen molar-refractivity contribution in [2.75, 3.05) is 11.9 Å². The highest BCUT2D eigenvalue weighted by molar-refractivity contribution is 5.56.